The Bertz CT molecular complexity index is 1880. The molecule has 6 nitrogen and oxygen atoms in total. The van der Waals surface area contributed by atoms with E-state index in [0.29, 0.717) is 19.8 Å². The second kappa shape index (κ2) is 19.4. The van der Waals surface area contributed by atoms with Crippen LogP contribution in [0.5, 0.6) is 0 Å². The van der Waals surface area contributed by atoms with Crippen molar-refractivity contribution in [2.75, 3.05) is 13.2 Å². The van der Waals surface area contributed by atoms with Gasteiger partial charge in [0.05, 0.1) is 33.0 Å². The van der Waals surface area contributed by atoms with E-state index in [1.807, 2.05) is 121 Å². The van der Waals surface area contributed by atoms with E-state index in [9.17, 15) is 0 Å². The predicted molar refractivity (Wildman–Crippen MR) is 215 cm³/mol. The maximum Gasteiger partial charge on any atom is 0.187 e. The largest absolute Gasteiger partial charge is 0.368 e. The molecular weight excluding hydrogens is 685 g/mol. The van der Waals surface area contributed by atoms with Crippen LogP contribution < -0.4 is 0 Å². The number of rotatable bonds is 18. The van der Waals surface area contributed by atoms with Gasteiger partial charge >= 0.3 is 0 Å². The van der Waals surface area contributed by atoms with Gasteiger partial charge in [-0.15, -0.1) is 6.58 Å². The second-order valence-corrected chi connectivity index (χ2v) is 13.5. The van der Waals surface area contributed by atoms with Crippen molar-refractivity contribution in [3.8, 4) is 0 Å². The molecule has 0 saturated carbocycles. The third-order valence-electron chi connectivity index (χ3n) is 9.83. The first kappa shape index (κ1) is 38.1. The predicted octanol–water partition coefficient (Wildman–Crippen LogP) is 9.68. The molecule has 1 aliphatic rings. The molecule has 1 fully saturated rings. The third-order valence-corrected chi connectivity index (χ3v) is 9.83. The molecule has 6 heteroatoms. The van der Waals surface area contributed by atoms with E-state index in [4.69, 9.17) is 28.4 Å². The molecule has 1 heterocycles. The fourth-order valence-electron chi connectivity index (χ4n) is 7.15. The molecule has 0 N–H and O–H groups in total. The van der Waals surface area contributed by atoms with Gasteiger partial charge < -0.3 is 28.4 Å². The summed E-state index contributed by atoms with van der Waals surface area (Å²) in [6.45, 7) is 5.33. The van der Waals surface area contributed by atoms with Crippen molar-refractivity contribution >= 4 is 0 Å². The van der Waals surface area contributed by atoms with Crippen LogP contribution in [0.15, 0.2) is 195 Å². The van der Waals surface area contributed by atoms with Crippen LogP contribution in [0.1, 0.15) is 33.4 Å². The van der Waals surface area contributed by atoms with E-state index in [2.05, 4.69) is 67.2 Å². The van der Waals surface area contributed by atoms with Gasteiger partial charge in [0.1, 0.15) is 30.0 Å². The van der Waals surface area contributed by atoms with Crippen molar-refractivity contribution in [1.82, 2.24) is 0 Å². The van der Waals surface area contributed by atoms with E-state index in [1.165, 1.54) is 0 Å². The fourth-order valence-corrected chi connectivity index (χ4v) is 7.15. The van der Waals surface area contributed by atoms with Gasteiger partial charge in [0.2, 0.25) is 0 Å². The lowest BCUT2D eigenvalue weighted by Crippen LogP contribution is -2.62. The van der Waals surface area contributed by atoms with Gasteiger partial charge in [-0.3, -0.25) is 0 Å². The van der Waals surface area contributed by atoms with Crippen LogP contribution in [0.4, 0.5) is 0 Å². The van der Waals surface area contributed by atoms with Crippen LogP contribution >= 0.6 is 0 Å². The number of benzene rings is 6. The maximum atomic E-state index is 7.36. The Balaban J connectivity index is 1.29. The van der Waals surface area contributed by atoms with Gasteiger partial charge in [-0.05, 0) is 33.4 Å². The third kappa shape index (κ3) is 9.56. The summed E-state index contributed by atoms with van der Waals surface area (Å²) in [4.78, 5) is 0. The van der Waals surface area contributed by atoms with Crippen LogP contribution in [0.3, 0.4) is 0 Å². The lowest BCUT2D eigenvalue weighted by molar-refractivity contribution is -0.328. The first-order valence-electron chi connectivity index (χ1n) is 18.9. The SMILES string of the molecule is C=CCO[C@@H]1O[C@H](COC(c2ccccc2)(c2ccccc2)c2ccccc2)[C@@H](OCc2ccccc2)[C@H](OCc2ccccc2)[C@H]1OCc1ccccc1. The zero-order chi connectivity index (χ0) is 37.5. The molecule has 1 saturated heterocycles. The normalized spacial score (nSPS) is 19.8. The molecule has 0 unspecified atom stereocenters. The Morgan fingerprint density at radius 3 is 1.22 bits per heavy atom. The number of ether oxygens (including phenoxy) is 6. The molecule has 1 aliphatic heterocycles. The highest BCUT2D eigenvalue weighted by Crippen LogP contribution is 2.42. The van der Waals surface area contributed by atoms with Gasteiger partial charge in [-0.25, -0.2) is 0 Å². The summed E-state index contributed by atoms with van der Waals surface area (Å²) in [6, 6.07) is 61.4. The minimum absolute atomic E-state index is 0.142. The van der Waals surface area contributed by atoms with Gasteiger partial charge in [0, 0.05) is 0 Å². The molecule has 0 aliphatic carbocycles. The van der Waals surface area contributed by atoms with E-state index in [1.54, 1.807) is 6.08 Å². The van der Waals surface area contributed by atoms with E-state index in [0.717, 1.165) is 33.4 Å². The first-order chi connectivity index (χ1) is 27.2. The zero-order valence-electron chi connectivity index (χ0n) is 31.0. The molecule has 6 aromatic rings. The van der Waals surface area contributed by atoms with E-state index < -0.39 is 36.3 Å². The lowest BCUT2D eigenvalue weighted by Gasteiger charge is -2.47. The summed E-state index contributed by atoms with van der Waals surface area (Å²) in [7, 11) is 0. The molecule has 0 amide bonds. The molecule has 0 aromatic heterocycles. The number of hydrogen-bond acceptors (Lipinski definition) is 6. The van der Waals surface area contributed by atoms with Crippen molar-refractivity contribution in [3.05, 3.63) is 228 Å². The van der Waals surface area contributed by atoms with Gasteiger partial charge in [-0.2, -0.15) is 0 Å². The average molecular weight is 733 g/mol. The quantitative estimate of drug-likeness (QED) is 0.0648. The van der Waals surface area contributed by atoms with Gasteiger partial charge in [0.25, 0.3) is 0 Å². The Labute approximate surface area is 324 Å². The Morgan fingerprint density at radius 1 is 0.455 bits per heavy atom. The van der Waals surface area contributed by atoms with Crippen LogP contribution in [0, 0.1) is 0 Å². The monoisotopic (exact) mass is 732 g/mol. The molecule has 0 radical (unpaired) electrons. The van der Waals surface area contributed by atoms with E-state index in [-0.39, 0.29) is 13.2 Å². The summed E-state index contributed by atoms with van der Waals surface area (Å²) >= 11 is 0. The van der Waals surface area contributed by atoms with Crippen molar-refractivity contribution in [3.63, 3.8) is 0 Å². The minimum Gasteiger partial charge on any atom is -0.368 e. The summed E-state index contributed by atoms with van der Waals surface area (Å²) in [6.07, 6.45) is -1.61. The van der Waals surface area contributed by atoms with Gasteiger partial charge in [-0.1, -0.05) is 188 Å². The minimum atomic E-state index is -0.977. The van der Waals surface area contributed by atoms with E-state index >= 15 is 0 Å². The highest BCUT2D eigenvalue weighted by Gasteiger charge is 2.50. The van der Waals surface area contributed by atoms with Gasteiger partial charge in [0.15, 0.2) is 6.29 Å². The van der Waals surface area contributed by atoms with Crippen molar-refractivity contribution in [2.45, 2.75) is 56.1 Å². The molecule has 7 rings (SSSR count). The topological polar surface area (TPSA) is 55.4 Å². The molecular formula is C49H48O6. The Kier molecular flexibility index (Phi) is 13.5. The molecule has 6 aromatic carbocycles. The molecule has 55 heavy (non-hydrogen) atoms. The Morgan fingerprint density at radius 2 is 0.818 bits per heavy atom. The van der Waals surface area contributed by atoms with Crippen molar-refractivity contribution < 1.29 is 28.4 Å². The van der Waals surface area contributed by atoms with Crippen LogP contribution in [0.25, 0.3) is 0 Å². The summed E-state index contributed by atoms with van der Waals surface area (Å²) in [5.74, 6) is 0. The fraction of sp³-hybridized carbons (Fsp3) is 0.224. The van der Waals surface area contributed by atoms with Crippen LogP contribution in [-0.4, -0.2) is 43.9 Å². The van der Waals surface area contributed by atoms with Crippen LogP contribution in [0.2, 0.25) is 0 Å². The molecule has 280 valence electrons. The summed E-state index contributed by atoms with van der Waals surface area (Å²) < 4.78 is 41.3. The lowest BCUT2D eigenvalue weighted by atomic mass is 9.80. The number of hydrogen-bond donors (Lipinski definition) is 0. The second-order valence-electron chi connectivity index (χ2n) is 13.5. The zero-order valence-corrected chi connectivity index (χ0v) is 31.0. The van der Waals surface area contributed by atoms with Crippen molar-refractivity contribution in [1.29, 1.82) is 0 Å². The maximum absolute atomic E-state index is 7.36. The standard InChI is InChI=1S/C49H48O6/c1-2-33-50-48-47(53-36-40-25-13-5-14-26-40)46(52-35-39-23-11-4-12-24-39)45(51-34-38-21-9-3-10-22-38)44(55-48)37-54-49(41-27-15-6-16-28-41,42-29-17-7-18-30-42)43-31-19-8-20-32-43/h2-32,44-48H,1,33-37H2/t44-,45-,46+,47-,48-/m1/s1. The smallest absolute Gasteiger partial charge is 0.187 e. The first-order valence-corrected chi connectivity index (χ1v) is 18.9. The molecule has 5 atom stereocenters. The highest BCUT2D eigenvalue weighted by molar-refractivity contribution is 5.47. The molecule has 0 bridgehead atoms. The average Bonchev–Trinajstić information content (AvgIpc) is 3.26. The highest BCUT2D eigenvalue weighted by atomic mass is 16.7. The summed E-state index contributed by atoms with van der Waals surface area (Å²) in [5.41, 5.74) is 5.09. The molecule has 0 spiro atoms. The summed E-state index contributed by atoms with van der Waals surface area (Å²) in [5, 5.41) is 0. The Hall–Kier alpha value is -5.18. The van der Waals surface area contributed by atoms with Crippen molar-refractivity contribution in [2.24, 2.45) is 0 Å². The van der Waals surface area contributed by atoms with Crippen LogP contribution in [-0.2, 0) is 53.8 Å².